The zero-order valence-corrected chi connectivity index (χ0v) is 19.1. The Labute approximate surface area is 182 Å². The number of hydrogen-bond donors (Lipinski definition) is 5. The SMILES string of the molecule is CCCCCCCCC=CCCCCCCCC(=O)C(O)C(O)CO.O=S(=O)(O)O. The summed E-state index contributed by atoms with van der Waals surface area (Å²) in [5, 5.41) is 27.3. The first-order valence-corrected chi connectivity index (χ1v) is 12.4. The number of aliphatic hydroxyl groups is 3. The lowest BCUT2D eigenvalue weighted by molar-refractivity contribution is -0.134. The van der Waals surface area contributed by atoms with Crippen molar-refractivity contribution >= 4 is 16.2 Å². The maximum Gasteiger partial charge on any atom is 0.394 e. The van der Waals surface area contributed by atoms with Crippen LogP contribution in [0.5, 0.6) is 0 Å². The smallest absolute Gasteiger partial charge is 0.394 e. The second-order valence-electron chi connectivity index (χ2n) is 7.44. The molecule has 0 fully saturated rings. The molecule has 0 aliphatic rings. The molecule has 0 saturated carbocycles. The molecule has 0 aliphatic carbocycles. The van der Waals surface area contributed by atoms with Gasteiger partial charge in [-0.1, -0.05) is 70.4 Å². The zero-order chi connectivity index (χ0) is 23.3. The van der Waals surface area contributed by atoms with E-state index in [0.717, 1.165) is 32.1 Å². The molecule has 30 heavy (non-hydrogen) atoms. The third kappa shape index (κ3) is 27.2. The Bertz CT molecular complexity index is 511. The average Bonchev–Trinajstić information content (AvgIpc) is 2.68. The van der Waals surface area contributed by atoms with Crippen LogP contribution in [-0.2, 0) is 15.2 Å². The summed E-state index contributed by atoms with van der Waals surface area (Å²) in [4.78, 5) is 11.5. The van der Waals surface area contributed by atoms with Crippen molar-refractivity contribution in [1.82, 2.24) is 0 Å². The van der Waals surface area contributed by atoms with Gasteiger partial charge >= 0.3 is 10.4 Å². The van der Waals surface area contributed by atoms with Gasteiger partial charge in [-0.15, -0.1) is 0 Å². The zero-order valence-electron chi connectivity index (χ0n) is 18.3. The van der Waals surface area contributed by atoms with Gasteiger partial charge in [0.1, 0.15) is 12.2 Å². The van der Waals surface area contributed by atoms with Gasteiger partial charge in [0.2, 0.25) is 0 Å². The van der Waals surface area contributed by atoms with E-state index in [2.05, 4.69) is 19.1 Å². The maximum atomic E-state index is 11.5. The molecule has 0 spiro atoms. The molecule has 0 aromatic rings. The Morgan fingerprint density at radius 2 is 1.20 bits per heavy atom. The van der Waals surface area contributed by atoms with Crippen LogP contribution >= 0.6 is 0 Å². The molecule has 5 N–H and O–H groups in total. The Kier molecular flexibility index (Phi) is 22.4. The minimum Gasteiger partial charge on any atom is -0.394 e. The van der Waals surface area contributed by atoms with E-state index in [9.17, 15) is 15.0 Å². The van der Waals surface area contributed by atoms with Gasteiger partial charge in [-0.25, -0.2) is 0 Å². The summed E-state index contributed by atoms with van der Waals surface area (Å²) >= 11 is 0. The summed E-state index contributed by atoms with van der Waals surface area (Å²) in [6.45, 7) is 1.66. The molecule has 2 unspecified atom stereocenters. The number of hydrogen-bond acceptors (Lipinski definition) is 6. The lowest BCUT2D eigenvalue weighted by Gasteiger charge is -2.13. The van der Waals surface area contributed by atoms with E-state index < -0.39 is 29.2 Å². The molecule has 0 aromatic heterocycles. The van der Waals surface area contributed by atoms with Crippen LogP contribution in [0.25, 0.3) is 0 Å². The first-order valence-electron chi connectivity index (χ1n) is 11.0. The number of carbonyl (C=O) groups is 1. The number of carbonyl (C=O) groups excluding carboxylic acids is 1. The van der Waals surface area contributed by atoms with Gasteiger partial charge in [-0.05, 0) is 32.1 Å². The number of ketones is 1. The van der Waals surface area contributed by atoms with Crippen molar-refractivity contribution in [2.75, 3.05) is 6.61 Å². The van der Waals surface area contributed by atoms with E-state index in [1.165, 1.54) is 51.4 Å². The maximum absolute atomic E-state index is 11.5. The summed E-state index contributed by atoms with van der Waals surface area (Å²) in [7, 11) is -4.67. The van der Waals surface area contributed by atoms with E-state index in [0.29, 0.717) is 0 Å². The first-order chi connectivity index (χ1) is 14.1. The second-order valence-corrected chi connectivity index (χ2v) is 8.34. The molecule has 0 radical (unpaired) electrons. The summed E-state index contributed by atoms with van der Waals surface area (Å²) in [5.74, 6) is -0.376. The topological polar surface area (TPSA) is 152 Å². The second kappa shape index (κ2) is 21.4. The van der Waals surface area contributed by atoms with Crippen molar-refractivity contribution < 1.29 is 37.6 Å². The number of allylic oxidation sites excluding steroid dienone is 2. The van der Waals surface area contributed by atoms with Gasteiger partial charge in [0.05, 0.1) is 6.61 Å². The van der Waals surface area contributed by atoms with Crippen molar-refractivity contribution in [3.8, 4) is 0 Å². The van der Waals surface area contributed by atoms with Crippen LogP contribution < -0.4 is 0 Å². The molecule has 0 rings (SSSR count). The lowest BCUT2D eigenvalue weighted by atomic mass is 10.0. The fraction of sp³-hybridized carbons (Fsp3) is 0.857. The van der Waals surface area contributed by atoms with Gasteiger partial charge in [0.15, 0.2) is 5.78 Å². The number of aliphatic hydroxyl groups excluding tert-OH is 3. The summed E-state index contributed by atoms with van der Waals surface area (Å²) in [5.41, 5.74) is 0. The molecule has 9 heteroatoms. The van der Waals surface area contributed by atoms with Crippen molar-refractivity contribution in [3.05, 3.63) is 12.2 Å². The molecular weight excluding hydrogens is 412 g/mol. The highest BCUT2D eigenvalue weighted by Gasteiger charge is 2.22. The van der Waals surface area contributed by atoms with Crippen LogP contribution in [0.1, 0.15) is 96.8 Å². The normalized spacial score (nSPS) is 13.7. The predicted octanol–water partition coefficient (Wildman–Crippen LogP) is 3.65. The molecule has 0 bridgehead atoms. The van der Waals surface area contributed by atoms with Gasteiger partial charge in [-0.3, -0.25) is 13.9 Å². The molecule has 2 atom stereocenters. The third-order valence-corrected chi connectivity index (χ3v) is 4.57. The van der Waals surface area contributed by atoms with Crippen LogP contribution in [0.4, 0.5) is 0 Å². The van der Waals surface area contributed by atoms with Crippen molar-refractivity contribution in [2.24, 2.45) is 0 Å². The van der Waals surface area contributed by atoms with Crippen LogP contribution in [0, 0.1) is 0 Å². The predicted molar refractivity (Wildman–Crippen MR) is 118 cm³/mol. The fourth-order valence-electron chi connectivity index (χ4n) is 2.83. The molecule has 0 heterocycles. The number of rotatable bonds is 18. The fourth-order valence-corrected chi connectivity index (χ4v) is 2.83. The molecule has 0 aromatic carbocycles. The first kappa shape index (κ1) is 31.3. The molecule has 180 valence electrons. The Morgan fingerprint density at radius 3 is 1.63 bits per heavy atom. The van der Waals surface area contributed by atoms with E-state index in [4.69, 9.17) is 22.6 Å². The van der Waals surface area contributed by atoms with Crippen LogP contribution in [0.15, 0.2) is 12.2 Å². The third-order valence-electron chi connectivity index (χ3n) is 4.57. The molecule has 0 aliphatic heterocycles. The highest BCUT2D eigenvalue weighted by molar-refractivity contribution is 7.79. The van der Waals surface area contributed by atoms with E-state index >= 15 is 0 Å². The van der Waals surface area contributed by atoms with Crippen LogP contribution in [-0.4, -0.2) is 57.4 Å². The van der Waals surface area contributed by atoms with E-state index in [1.54, 1.807) is 0 Å². The van der Waals surface area contributed by atoms with Crippen LogP contribution in [0.3, 0.4) is 0 Å². The lowest BCUT2D eigenvalue weighted by Crippen LogP contribution is -2.36. The Balaban J connectivity index is 0. The van der Waals surface area contributed by atoms with E-state index in [1.807, 2.05) is 0 Å². The average molecular weight is 455 g/mol. The molecule has 0 saturated heterocycles. The quantitative estimate of drug-likeness (QED) is 0.119. The monoisotopic (exact) mass is 454 g/mol. The minimum atomic E-state index is -4.67. The molecule has 0 amide bonds. The number of Topliss-reactive ketones (excluding diaryl/α,β-unsaturated/α-hetero) is 1. The van der Waals surface area contributed by atoms with Gasteiger partial charge in [0.25, 0.3) is 0 Å². The highest BCUT2D eigenvalue weighted by atomic mass is 32.3. The van der Waals surface area contributed by atoms with Gasteiger partial charge in [-0.2, -0.15) is 8.42 Å². The van der Waals surface area contributed by atoms with Gasteiger partial charge < -0.3 is 15.3 Å². The Hall–Kier alpha value is -0.840. The summed E-state index contributed by atoms with van der Waals surface area (Å²) in [6.07, 6.45) is 17.7. The summed E-state index contributed by atoms with van der Waals surface area (Å²) < 4.78 is 31.6. The van der Waals surface area contributed by atoms with Gasteiger partial charge in [0, 0.05) is 6.42 Å². The van der Waals surface area contributed by atoms with Crippen molar-refractivity contribution in [1.29, 1.82) is 0 Å². The van der Waals surface area contributed by atoms with Crippen molar-refractivity contribution in [2.45, 2.75) is 109 Å². The highest BCUT2D eigenvalue weighted by Crippen LogP contribution is 2.11. The summed E-state index contributed by atoms with van der Waals surface area (Å²) in [6, 6.07) is 0. The van der Waals surface area contributed by atoms with E-state index in [-0.39, 0.29) is 12.2 Å². The van der Waals surface area contributed by atoms with Crippen molar-refractivity contribution in [3.63, 3.8) is 0 Å². The Morgan fingerprint density at radius 1 is 0.800 bits per heavy atom. The molecule has 8 nitrogen and oxygen atoms in total. The number of unbranched alkanes of at least 4 members (excludes halogenated alkanes) is 11. The minimum absolute atomic E-state index is 0.274. The van der Waals surface area contributed by atoms with Crippen LogP contribution in [0.2, 0.25) is 0 Å². The standard InChI is InChI=1S/C21H40O4.H2O4S/c1-2-3-4-5-6-7-8-9-10-11-12-13-14-15-16-17-19(23)21(25)20(24)18-22;1-5(2,3)4/h9-10,20-22,24-25H,2-8,11-18H2,1H3;(H2,1,2,3,4). The molecular formula is C21H42O8S. The largest absolute Gasteiger partial charge is 0.394 e.